The van der Waals surface area contributed by atoms with Crippen molar-refractivity contribution < 1.29 is 29.4 Å². The van der Waals surface area contributed by atoms with Crippen molar-refractivity contribution >= 4 is 47.7 Å². The third kappa shape index (κ3) is 6.38. The Bertz CT molecular complexity index is 1780. The average molecular weight is 587 g/mol. The summed E-state index contributed by atoms with van der Waals surface area (Å²) < 4.78 is 0. The first-order valence-electron chi connectivity index (χ1n) is 14.4. The zero-order valence-electron chi connectivity index (χ0n) is 25.4. The van der Waals surface area contributed by atoms with Crippen LogP contribution in [0.5, 0.6) is 0 Å². The summed E-state index contributed by atoms with van der Waals surface area (Å²) in [5.74, 6) is -2.44. The van der Waals surface area contributed by atoms with E-state index in [1.165, 1.54) is 0 Å². The predicted molar refractivity (Wildman–Crippen MR) is 165 cm³/mol. The highest BCUT2D eigenvalue weighted by Gasteiger charge is 2.29. The van der Waals surface area contributed by atoms with Crippen LogP contribution in [0.1, 0.15) is 80.6 Å². The van der Waals surface area contributed by atoms with Crippen LogP contribution < -0.4 is 16.0 Å². The first kappa shape index (κ1) is 31.2. The lowest BCUT2D eigenvalue weighted by molar-refractivity contribution is -0.138. The first-order valence-corrected chi connectivity index (χ1v) is 14.4. The number of aromatic amines is 2. The van der Waals surface area contributed by atoms with Crippen LogP contribution in [0.2, 0.25) is 0 Å². The van der Waals surface area contributed by atoms with Crippen molar-refractivity contribution in [2.45, 2.75) is 73.6 Å². The van der Waals surface area contributed by atoms with Crippen molar-refractivity contribution in [3.8, 4) is 0 Å². The number of carbonyl (C=O) groups excluding carboxylic acids is 2. The third-order valence-electron chi connectivity index (χ3n) is 8.35. The predicted octanol–water partition coefficient (Wildman–Crippen LogP) is 3.36. The number of nitrogens with zero attached hydrogens (tertiary/aromatic N) is 1. The smallest absolute Gasteiger partial charge is 0.303 e. The minimum absolute atomic E-state index is 0.0721. The Labute approximate surface area is 249 Å². The zero-order chi connectivity index (χ0) is 31.6. The number of hydrogen-bond acceptors (Lipinski definition) is 4. The number of nitrogens with one attached hydrogen (secondary N) is 3. The summed E-state index contributed by atoms with van der Waals surface area (Å²) in [5, 5.41) is 23.2. The Morgan fingerprint density at radius 1 is 0.884 bits per heavy atom. The largest absolute Gasteiger partial charge is 0.481 e. The summed E-state index contributed by atoms with van der Waals surface area (Å²) in [6.45, 7) is 11.3. The molecule has 1 atom stereocenters. The van der Waals surface area contributed by atoms with Crippen LogP contribution in [0.25, 0.3) is 18.2 Å². The maximum absolute atomic E-state index is 12.3. The van der Waals surface area contributed by atoms with Gasteiger partial charge in [-0.05, 0) is 106 Å². The van der Waals surface area contributed by atoms with Gasteiger partial charge in [0.05, 0.1) is 11.6 Å². The van der Waals surface area contributed by atoms with Gasteiger partial charge in [0.25, 0.3) is 5.91 Å². The van der Waals surface area contributed by atoms with Crippen molar-refractivity contribution in [3.05, 3.63) is 72.8 Å². The molecule has 0 saturated carbocycles. The van der Waals surface area contributed by atoms with Crippen LogP contribution in [-0.4, -0.2) is 49.6 Å². The van der Waals surface area contributed by atoms with E-state index in [4.69, 9.17) is 0 Å². The summed E-state index contributed by atoms with van der Waals surface area (Å²) in [5.41, 5.74) is 8.40. The summed E-state index contributed by atoms with van der Waals surface area (Å²) in [4.78, 5) is 58.8. The molecule has 10 nitrogen and oxygen atoms in total. The minimum Gasteiger partial charge on any atom is -0.481 e. The van der Waals surface area contributed by atoms with Gasteiger partial charge < -0.3 is 25.5 Å². The molecule has 226 valence electrons. The van der Waals surface area contributed by atoms with Gasteiger partial charge in [-0.25, -0.2) is 4.99 Å². The maximum Gasteiger partial charge on any atom is 0.303 e. The Morgan fingerprint density at radius 2 is 1.53 bits per heavy atom. The van der Waals surface area contributed by atoms with Crippen LogP contribution in [0.4, 0.5) is 0 Å². The summed E-state index contributed by atoms with van der Waals surface area (Å²) in [6.07, 6.45) is 8.45. The van der Waals surface area contributed by atoms with E-state index in [0.717, 1.165) is 39.1 Å². The molecule has 2 aliphatic heterocycles. The van der Waals surface area contributed by atoms with Gasteiger partial charge >= 0.3 is 11.9 Å². The van der Waals surface area contributed by atoms with E-state index in [0.29, 0.717) is 39.8 Å². The van der Waals surface area contributed by atoms with Crippen molar-refractivity contribution in [1.29, 1.82) is 0 Å². The van der Waals surface area contributed by atoms with Crippen molar-refractivity contribution in [3.63, 3.8) is 0 Å². The highest BCUT2D eigenvalue weighted by atomic mass is 16.4. The second kappa shape index (κ2) is 12.6. The zero-order valence-corrected chi connectivity index (χ0v) is 25.4. The van der Waals surface area contributed by atoms with Crippen LogP contribution in [0.3, 0.4) is 0 Å². The fraction of sp³-hybridized carbons (Fsp3) is 0.364. The molecule has 5 N–H and O–H groups in total. The molecule has 1 saturated heterocycles. The number of H-pyrrole nitrogens is 2. The second-order valence-electron chi connectivity index (χ2n) is 11.0. The number of aromatic nitrogens is 2. The molecule has 0 radical (unpaired) electrons. The van der Waals surface area contributed by atoms with Crippen LogP contribution in [0.15, 0.2) is 33.5 Å². The van der Waals surface area contributed by atoms with E-state index in [9.17, 15) is 29.4 Å². The molecular formula is C33H38N4O6. The normalized spacial score (nSPS) is 19.8. The molecule has 1 fully saturated rings. The van der Waals surface area contributed by atoms with E-state index in [-0.39, 0.29) is 43.4 Å². The molecule has 2 aromatic heterocycles. The maximum atomic E-state index is 12.3. The topological polar surface area (TPSA) is 165 Å². The number of rotatable bonds is 10. The Morgan fingerprint density at radius 3 is 2.12 bits per heavy atom. The third-order valence-corrected chi connectivity index (χ3v) is 8.35. The average Bonchev–Trinajstić information content (AvgIpc) is 3.59. The second-order valence-corrected chi connectivity index (χ2v) is 11.0. The fourth-order valence-electron chi connectivity index (χ4n) is 5.77. The van der Waals surface area contributed by atoms with Gasteiger partial charge in [0.2, 0.25) is 5.91 Å². The molecule has 0 unspecified atom stereocenters. The number of carbonyl (C=O) groups is 4. The molecule has 0 aliphatic carbocycles. The number of carboxylic acid groups (broad SMARTS) is 2. The number of carboxylic acids is 2. The molecule has 0 spiro atoms. The van der Waals surface area contributed by atoms with Crippen LogP contribution in [0, 0.1) is 19.8 Å². The van der Waals surface area contributed by atoms with E-state index in [1.54, 1.807) is 0 Å². The number of allylic oxidation sites excluding steroid dienone is 3. The van der Waals surface area contributed by atoms with Gasteiger partial charge in [0.15, 0.2) is 0 Å². The molecule has 0 aromatic carbocycles. The van der Waals surface area contributed by atoms with E-state index >= 15 is 0 Å². The molecule has 0 bridgehead atoms. The van der Waals surface area contributed by atoms with Gasteiger partial charge in [0.1, 0.15) is 0 Å². The van der Waals surface area contributed by atoms with Gasteiger partial charge in [0, 0.05) is 46.2 Å². The van der Waals surface area contributed by atoms with Crippen LogP contribution in [-0.2, 0) is 32.0 Å². The molecule has 4 heterocycles. The van der Waals surface area contributed by atoms with E-state index < -0.39 is 11.9 Å². The molecule has 43 heavy (non-hydrogen) atoms. The molecule has 4 rings (SSSR count). The van der Waals surface area contributed by atoms with Gasteiger partial charge in [-0.15, -0.1) is 0 Å². The molecule has 10 heteroatoms. The van der Waals surface area contributed by atoms with E-state index in [2.05, 4.69) is 20.3 Å². The number of aliphatic imine (C=N–C) groups is 1. The standard InChI is InChI=1S/C33H38N4O6/c1-7-20-19(6)32(42)37-27(20)14-25-18(5)23(10-12-31(40)41)29(35-25)15-28-22(9-11-30(38)39)17(4)24(34-28)13-26-16(3)21(8-2)33(43)36-26/h7,13-15,19,34-35H,8-12H2,1-6H3,(H,37,42)(H,38,39)(H,40,41)/b20-7+,24-13-,27-14-,28-15+/t19-/m1/s1. The molecule has 2 amide bonds. The van der Waals surface area contributed by atoms with Crippen molar-refractivity contribution in [2.24, 2.45) is 10.9 Å². The number of hydrogen-bond donors (Lipinski definition) is 5. The minimum atomic E-state index is -0.923. The van der Waals surface area contributed by atoms with Crippen molar-refractivity contribution in [1.82, 2.24) is 15.3 Å². The molecular weight excluding hydrogens is 548 g/mol. The Balaban J connectivity index is 1.91. The lowest BCUT2D eigenvalue weighted by Crippen LogP contribution is -2.16. The summed E-state index contributed by atoms with van der Waals surface area (Å²) in [6, 6.07) is 0. The highest BCUT2D eigenvalue weighted by Crippen LogP contribution is 2.29. The van der Waals surface area contributed by atoms with Crippen molar-refractivity contribution in [2.75, 3.05) is 0 Å². The summed E-state index contributed by atoms with van der Waals surface area (Å²) in [7, 11) is 0. The molecule has 2 aromatic rings. The quantitative estimate of drug-likeness (QED) is 0.286. The van der Waals surface area contributed by atoms with Crippen LogP contribution >= 0.6 is 0 Å². The lowest BCUT2D eigenvalue weighted by atomic mass is 10.00. The highest BCUT2D eigenvalue weighted by molar-refractivity contribution is 6.30. The van der Waals surface area contributed by atoms with E-state index in [1.807, 2.05) is 65.8 Å². The monoisotopic (exact) mass is 586 g/mol. The Kier molecular flexibility index (Phi) is 9.18. The van der Waals surface area contributed by atoms with Gasteiger partial charge in [-0.3, -0.25) is 19.2 Å². The summed E-state index contributed by atoms with van der Waals surface area (Å²) >= 11 is 0. The van der Waals surface area contributed by atoms with Gasteiger partial charge in [-0.2, -0.15) is 0 Å². The SMILES string of the molecule is C/C=C1/C(=C/c2[nH]c(/C=c3/[nH]/c(=C\C4=NC(=O)C(CC)=C4C)c(C)c3CCC(=O)O)c(CCC(=O)O)c2C)NC(=O)[C@@H]1C. The molecule has 2 aliphatic rings. The Hall–Kier alpha value is -4.73. The number of aliphatic carboxylic acids is 2. The first-order chi connectivity index (χ1) is 20.4. The lowest BCUT2D eigenvalue weighted by Gasteiger charge is -2.03. The fourth-order valence-corrected chi connectivity index (χ4v) is 5.77. The number of amides is 2. The van der Waals surface area contributed by atoms with Gasteiger partial charge in [-0.1, -0.05) is 13.0 Å².